The monoisotopic (exact) mass is 568 g/mol. The van der Waals surface area contributed by atoms with Crippen LogP contribution in [-0.2, 0) is 16.9 Å². The van der Waals surface area contributed by atoms with Crippen molar-refractivity contribution in [2.24, 2.45) is 17.8 Å². The lowest BCUT2D eigenvalue weighted by Gasteiger charge is -2.30. The number of Topliss-reactive ketones (excluding diaryl/α,β-unsaturated/α-hetero) is 1. The summed E-state index contributed by atoms with van der Waals surface area (Å²) in [6.45, 7) is 17.9. The molecule has 3 atom stereocenters. The number of rotatable bonds is 9. The van der Waals surface area contributed by atoms with E-state index in [4.69, 9.17) is 0 Å². The highest BCUT2D eigenvalue weighted by molar-refractivity contribution is 6.88. The lowest BCUT2D eigenvalue weighted by molar-refractivity contribution is -0.115. The average molecular weight is 569 g/mol. The first-order valence-corrected chi connectivity index (χ1v) is 21.9. The maximum absolute atomic E-state index is 12.7. The number of benzene rings is 2. The first-order chi connectivity index (χ1) is 19.0. The normalized spacial score (nSPS) is 19.6. The van der Waals surface area contributed by atoms with Gasteiger partial charge in [-0.2, -0.15) is 0 Å². The van der Waals surface area contributed by atoms with E-state index in [1.165, 1.54) is 48.4 Å². The summed E-state index contributed by atoms with van der Waals surface area (Å²) in [6, 6.07) is 23.7. The van der Waals surface area contributed by atoms with Crippen molar-refractivity contribution in [2.45, 2.75) is 97.1 Å². The molecule has 1 fully saturated rings. The SMILES string of the molecule is C=C[C@H](C)CCCC#C[Si](C)(C)Cc1ccccc1.C[C@@H]1CCCC2=C([Si](C)(C)Cc3ccccc3)C(=O)C[C@H]21. The van der Waals surface area contributed by atoms with E-state index in [9.17, 15) is 4.79 Å². The number of carbonyl (C=O) groups is 1. The number of unbranched alkanes of at least 4 members (excludes halogenated alkanes) is 1. The Labute approximate surface area is 247 Å². The maximum Gasteiger partial charge on any atom is 0.155 e. The van der Waals surface area contributed by atoms with E-state index in [2.05, 4.69) is 119 Å². The van der Waals surface area contributed by atoms with Crippen molar-refractivity contribution in [1.82, 2.24) is 0 Å². The molecule has 0 radical (unpaired) electrons. The molecule has 1 nitrogen and oxygen atoms in total. The fourth-order valence-electron chi connectivity index (χ4n) is 6.55. The van der Waals surface area contributed by atoms with Crippen molar-refractivity contribution in [3.63, 3.8) is 0 Å². The van der Waals surface area contributed by atoms with E-state index in [1.54, 1.807) is 5.57 Å². The Kier molecular flexibility index (Phi) is 12.0. The number of hydrogen-bond acceptors (Lipinski definition) is 1. The molecule has 40 heavy (non-hydrogen) atoms. The van der Waals surface area contributed by atoms with Gasteiger partial charge in [-0.3, -0.25) is 4.79 Å². The molecule has 0 N–H and O–H groups in total. The summed E-state index contributed by atoms with van der Waals surface area (Å²) in [5.74, 6) is 5.79. The second kappa shape index (κ2) is 15.0. The van der Waals surface area contributed by atoms with Gasteiger partial charge in [-0.25, -0.2) is 0 Å². The first kappa shape index (κ1) is 32.1. The lowest BCUT2D eigenvalue weighted by atomic mass is 9.78. The zero-order chi connectivity index (χ0) is 29.2. The highest BCUT2D eigenvalue weighted by Gasteiger charge is 2.43. The Morgan fingerprint density at radius 2 is 1.57 bits per heavy atom. The standard InChI is InChI=1S/C19H26OSi.C18H26Si/c1-14-8-7-11-16-17(14)12-18(20)19(16)21(2,3)13-15-9-5-4-6-10-15;1-5-17(2)12-8-7-11-15-19(3,4)16-18-13-9-6-10-14-18/h4-6,9-10,14,17H,7-8,11-13H2,1-3H3;5-6,9-10,13-14,17H,1,7-8,12,16H2,2-4H3/t14-,17+;17-/m10/s1. The summed E-state index contributed by atoms with van der Waals surface area (Å²) >= 11 is 0. The summed E-state index contributed by atoms with van der Waals surface area (Å²) in [7, 11) is -3.09. The molecule has 0 unspecified atom stereocenters. The molecule has 0 aliphatic heterocycles. The Balaban J connectivity index is 0.000000222. The summed E-state index contributed by atoms with van der Waals surface area (Å²) in [4.78, 5) is 12.7. The number of hydrogen-bond donors (Lipinski definition) is 0. The van der Waals surface area contributed by atoms with Crippen LogP contribution in [0.15, 0.2) is 84.1 Å². The van der Waals surface area contributed by atoms with E-state index in [-0.39, 0.29) is 0 Å². The van der Waals surface area contributed by atoms with Gasteiger partial charge < -0.3 is 0 Å². The van der Waals surface area contributed by atoms with Gasteiger partial charge in [-0.05, 0) is 72.7 Å². The van der Waals surface area contributed by atoms with Gasteiger partial charge in [0.05, 0.1) is 8.07 Å². The topological polar surface area (TPSA) is 17.1 Å². The summed E-state index contributed by atoms with van der Waals surface area (Å²) in [5.41, 5.74) is 7.94. The maximum atomic E-state index is 12.7. The summed E-state index contributed by atoms with van der Waals surface area (Å²) < 4.78 is 0. The van der Waals surface area contributed by atoms with Crippen LogP contribution < -0.4 is 0 Å². The molecule has 0 heterocycles. The first-order valence-electron chi connectivity index (χ1n) is 15.5. The molecule has 2 aliphatic carbocycles. The molecule has 0 amide bonds. The average Bonchev–Trinajstić information content (AvgIpc) is 3.27. The van der Waals surface area contributed by atoms with Crippen molar-refractivity contribution in [2.75, 3.05) is 0 Å². The van der Waals surface area contributed by atoms with Crippen molar-refractivity contribution < 1.29 is 4.79 Å². The highest BCUT2D eigenvalue weighted by atomic mass is 28.3. The van der Waals surface area contributed by atoms with Crippen LogP contribution in [0.2, 0.25) is 26.2 Å². The van der Waals surface area contributed by atoms with Gasteiger partial charge in [-0.1, -0.05) is 118 Å². The molecule has 1 saturated carbocycles. The lowest BCUT2D eigenvalue weighted by Crippen LogP contribution is -2.36. The van der Waals surface area contributed by atoms with E-state index < -0.39 is 16.1 Å². The van der Waals surface area contributed by atoms with Crippen LogP contribution in [-0.4, -0.2) is 21.9 Å². The van der Waals surface area contributed by atoms with Gasteiger partial charge in [0, 0.05) is 12.8 Å². The molecule has 214 valence electrons. The summed E-state index contributed by atoms with van der Waals surface area (Å²) in [5, 5.41) is 1.31. The Morgan fingerprint density at radius 1 is 0.975 bits per heavy atom. The molecule has 3 heteroatoms. The zero-order valence-electron chi connectivity index (χ0n) is 26.1. The fourth-order valence-corrected chi connectivity index (χ4v) is 12.0. The Bertz CT molecular complexity index is 1200. The zero-order valence-corrected chi connectivity index (χ0v) is 28.1. The van der Waals surface area contributed by atoms with Crippen molar-refractivity contribution >= 4 is 21.9 Å². The molecule has 0 bridgehead atoms. The van der Waals surface area contributed by atoms with Crippen LogP contribution in [0.5, 0.6) is 0 Å². The molecular formula is C37H52OSi2. The number of allylic oxidation sites excluding steroid dienone is 3. The van der Waals surface area contributed by atoms with Gasteiger partial charge in [-0.15, -0.1) is 18.0 Å². The predicted octanol–water partition coefficient (Wildman–Crippen LogP) is 9.73. The molecule has 2 aliphatic rings. The van der Waals surface area contributed by atoms with Gasteiger partial charge >= 0.3 is 0 Å². The van der Waals surface area contributed by atoms with Gasteiger partial charge in [0.15, 0.2) is 5.78 Å². The number of carbonyl (C=O) groups excluding carboxylic acids is 1. The van der Waals surface area contributed by atoms with Crippen LogP contribution in [0.25, 0.3) is 0 Å². The second-order valence-corrected chi connectivity index (χ2v) is 22.5. The van der Waals surface area contributed by atoms with Gasteiger partial charge in [0.2, 0.25) is 0 Å². The minimum atomic E-state index is -1.68. The molecular weight excluding hydrogens is 517 g/mol. The van der Waals surface area contributed by atoms with Crippen molar-refractivity contribution in [3.8, 4) is 11.5 Å². The third kappa shape index (κ3) is 9.60. The van der Waals surface area contributed by atoms with Crippen molar-refractivity contribution in [3.05, 3.63) is 95.2 Å². The molecule has 0 saturated heterocycles. The van der Waals surface area contributed by atoms with E-state index in [1.807, 2.05) is 6.08 Å². The van der Waals surface area contributed by atoms with Crippen molar-refractivity contribution in [1.29, 1.82) is 0 Å². The second-order valence-electron chi connectivity index (χ2n) is 13.5. The van der Waals surface area contributed by atoms with Crippen LogP contribution in [0.3, 0.4) is 0 Å². The number of ketones is 1. The predicted molar refractivity (Wildman–Crippen MR) is 179 cm³/mol. The fraction of sp³-hybridized carbons (Fsp3) is 0.486. The third-order valence-corrected chi connectivity index (χ3v) is 14.1. The quantitative estimate of drug-likeness (QED) is 0.127. The summed E-state index contributed by atoms with van der Waals surface area (Å²) in [6.07, 6.45) is 10.0. The largest absolute Gasteiger partial charge is 0.295 e. The third-order valence-electron chi connectivity index (χ3n) is 8.69. The Morgan fingerprint density at radius 3 is 2.17 bits per heavy atom. The molecule has 0 aromatic heterocycles. The van der Waals surface area contributed by atoms with Crippen LogP contribution >= 0.6 is 0 Å². The molecule has 4 rings (SSSR count). The van der Waals surface area contributed by atoms with Gasteiger partial charge in [0.1, 0.15) is 8.07 Å². The van der Waals surface area contributed by atoms with Crippen LogP contribution in [0.4, 0.5) is 0 Å². The van der Waals surface area contributed by atoms with E-state index >= 15 is 0 Å². The molecule has 2 aromatic carbocycles. The van der Waals surface area contributed by atoms with Crippen LogP contribution in [0, 0.1) is 29.2 Å². The van der Waals surface area contributed by atoms with E-state index in [0.29, 0.717) is 23.5 Å². The minimum absolute atomic E-state index is 0.483. The highest BCUT2D eigenvalue weighted by Crippen LogP contribution is 2.46. The molecule has 0 spiro atoms. The Hall–Kier alpha value is -2.42. The minimum Gasteiger partial charge on any atom is -0.295 e. The molecule has 2 aromatic rings. The van der Waals surface area contributed by atoms with Gasteiger partial charge in [0.25, 0.3) is 0 Å². The van der Waals surface area contributed by atoms with Crippen LogP contribution in [0.1, 0.15) is 69.9 Å². The smallest absolute Gasteiger partial charge is 0.155 e. The van der Waals surface area contributed by atoms with E-state index in [0.717, 1.165) is 24.9 Å². The number of fused-ring (bicyclic) bond motifs is 1.